The van der Waals surface area contributed by atoms with Crippen LogP contribution in [0.2, 0.25) is 0 Å². The summed E-state index contributed by atoms with van der Waals surface area (Å²) in [6, 6.07) is 13.6. The minimum Gasteiger partial charge on any atom is -0.353 e. The number of hydrogen-bond acceptors (Lipinski definition) is 5. The summed E-state index contributed by atoms with van der Waals surface area (Å²) in [6.45, 7) is 2.20. The molecule has 0 saturated heterocycles. The van der Waals surface area contributed by atoms with Gasteiger partial charge in [-0.1, -0.05) is 18.2 Å². The van der Waals surface area contributed by atoms with E-state index in [0.717, 1.165) is 10.9 Å². The van der Waals surface area contributed by atoms with E-state index in [1.165, 1.54) is 22.4 Å². The standard InChI is InChI=1S/C22H21FN4O2S/c1-15-5-3-7-20(22(15)23)26-17-8-9-19-16(12-24-2)14-27(21(19)11-17)30(28,29)18-6-4-10-25-13-18/h3-11,13-14,24,26H,12H2,1-2H3. The highest BCUT2D eigenvalue weighted by Gasteiger charge is 2.21. The maximum Gasteiger partial charge on any atom is 0.269 e. The normalized spacial score (nSPS) is 11.7. The van der Waals surface area contributed by atoms with Crippen LogP contribution in [-0.2, 0) is 16.6 Å². The van der Waals surface area contributed by atoms with Crippen molar-refractivity contribution < 1.29 is 12.8 Å². The average molecular weight is 425 g/mol. The Morgan fingerprint density at radius 1 is 1.13 bits per heavy atom. The molecule has 2 aromatic heterocycles. The highest BCUT2D eigenvalue weighted by atomic mass is 32.2. The third kappa shape index (κ3) is 3.55. The van der Waals surface area contributed by atoms with Crippen LogP contribution in [-0.4, -0.2) is 24.4 Å². The van der Waals surface area contributed by atoms with Gasteiger partial charge in [0.25, 0.3) is 10.0 Å². The van der Waals surface area contributed by atoms with E-state index >= 15 is 0 Å². The number of rotatable bonds is 6. The lowest BCUT2D eigenvalue weighted by Gasteiger charge is -2.11. The first-order valence-corrected chi connectivity index (χ1v) is 10.8. The second kappa shape index (κ2) is 7.89. The lowest BCUT2D eigenvalue weighted by atomic mass is 10.1. The van der Waals surface area contributed by atoms with Crippen molar-refractivity contribution >= 4 is 32.3 Å². The zero-order chi connectivity index (χ0) is 21.3. The molecule has 0 radical (unpaired) electrons. The fraction of sp³-hybridized carbons (Fsp3) is 0.136. The molecule has 0 unspecified atom stereocenters. The largest absolute Gasteiger partial charge is 0.353 e. The smallest absolute Gasteiger partial charge is 0.269 e. The van der Waals surface area contributed by atoms with E-state index in [0.29, 0.717) is 29.0 Å². The molecule has 4 aromatic rings. The number of hydrogen-bond donors (Lipinski definition) is 2. The van der Waals surface area contributed by atoms with Gasteiger partial charge in [0.1, 0.15) is 10.7 Å². The second-order valence-corrected chi connectivity index (χ2v) is 8.78. The van der Waals surface area contributed by atoms with Gasteiger partial charge in [-0.2, -0.15) is 0 Å². The van der Waals surface area contributed by atoms with Crippen molar-refractivity contribution in [2.24, 2.45) is 0 Å². The van der Waals surface area contributed by atoms with Crippen molar-refractivity contribution in [3.8, 4) is 0 Å². The van der Waals surface area contributed by atoms with E-state index in [1.54, 1.807) is 50.5 Å². The fourth-order valence-electron chi connectivity index (χ4n) is 3.39. The maximum absolute atomic E-state index is 14.4. The van der Waals surface area contributed by atoms with Crippen LogP contribution in [0.25, 0.3) is 10.9 Å². The lowest BCUT2D eigenvalue weighted by Crippen LogP contribution is -2.12. The second-order valence-electron chi connectivity index (χ2n) is 6.97. The zero-order valence-electron chi connectivity index (χ0n) is 16.6. The van der Waals surface area contributed by atoms with Gasteiger partial charge in [-0.25, -0.2) is 16.8 Å². The van der Waals surface area contributed by atoms with Gasteiger partial charge in [0.15, 0.2) is 0 Å². The van der Waals surface area contributed by atoms with Gasteiger partial charge in [0, 0.05) is 36.2 Å². The van der Waals surface area contributed by atoms with Crippen LogP contribution in [0.3, 0.4) is 0 Å². The first-order chi connectivity index (χ1) is 14.4. The number of anilines is 2. The molecule has 6 nitrogen and oxygen atoms in total. The molecule has 4 rings (SSSR count). The van der Waals surface area contributed by atoms with Crippen molar-refractivity contribution in [2.45, 2.75) is 18.4 Å². The van der Waals surface area contributed by atoms with E-state index in [1.807, 2.05) is 12.1 Å². The van der Waals surface area contributed by atoms with Crippen molar-refractivity contribution in [3.05, 3.63) is 84.1 Å². The van der Waals surface area contributed by atoms with Gasteiger partial charge < -0.3 is 10.6 Å². The summed E-state index contributed by atoms with van der Waals surface area (Å²) in [5.74, 6) is -0.341. The first-order valence-electron chi connectivity index (χ1n) is 9.38. The van der Waals surface area contributed by atoms with E-state index in [4.69, 9.17) is 0 Å². The van der Waals surface area contributed by atoms with Crippen LogP contribution in [0.5, 0.6) is 0 Å². The Morgan fingerprint density at radius 3 is 2.70 bits per heavy atom. The van der Waals surface area contributed by atoms with Crippen LogP contribution < -0.4 is 10.6 Å². The average Bonchev–Trinajstić information content (AvgIpc) is 3.11. The quantitative estimate of drug-likeness (QED) is 0.486. The van der Waals surface area contributed by atoms with Crippen molar-refractivity contribution in [1.82, 2.24) is 14.3 Å². The Kier molecular flexibility index (Phi) is 5.27. The molecule has 0 aliphatic rings. The molecule has 0 aliphatic heterocycles. The Morgan fingerprint density at radius 2 is 1.97 bits per heavy atom. The van der Waals surface area contributed by atoms with E-state index in [-0.39, 0.29) is 10.7 Å². The number of pyridine rings is 1. The minimum absolute atomic E-state index is 0.0981. The van der Waals surface area contributed by atoms with E-state index in [9.17, 15) is 12.8 Å². The third-order valence-corrected chi connectivity index (χ3v) is 6.54. The molecule has 0 amide bonds. The van der Waals surface area contributed by atoms with Gasteiger partial charge in [-0.3, -0.25) is 4.98 Å². The number of aromatic nitrogens is 2. The third-order valence-electron chi connectivity index (χ3n) is 4.88. The first kappa shape index (κ1) is 20.1. The van der Waals surface area contributed by atoms with Crippen LogP contribution in [0.15, 0.2) is 72.0 Å². The molecule has 0 saturated carbocycles. The predicted molar refractivity (Wildman–Crippen MR) is 116 cm³/mol. The fourth-order valence-corrected chi connectivity index (χ4v) is 4.73. The molecule has 2 aromatic carbocycles. The summed E-state index contributed by atoms with van der Waals surface area (Å²) in [5, 5.41) is 6.92. The Bertz CT molecular complexity index is 1320. The van der Waals surface area contributed by atoms with Crippen LogP contribution in [0.4, 0.5) is 15.8 Å². The topological polar surface area (TPSA) is 76.0 Å². The molecule has 30 heavy (non-hydrogen) atoms. The monoisotopic (exact) mass is 424 g/mol. The van der Waals surface area contributed by atoms with E-state index in [2.05, 4.69) is 15.6 Å². The van der Waals surface area contributed by atoms with Crippen molar-refractivity contribution in [2.75, 3.05) is 12.4 Å². The predicted octanol–water partition coefficient (Wildman–Crippen LogP) is 4.18. The maximum atomic E-state index is 14.4. The highest BCUT2D eigenvalue weighted by molar-refractivity contribution is 7.90. The molecule has 0 fully saturated rings. The van der Waals surface area contributed by atoms with Crippen LogP contribution in [0.1, 0.15) is 11.1 Å². The van der Waals surface area contributed by atoms with Gasteiger partial charge in [0.2, 0.25) is 0 Å². The van der Waals surface area contributed by atoms with Crippen molar-refractivity contribution in [1.29, 1.82) is 0 Å². The number of aryl methyl sites for hydroxylation is 1. The molecule has 8 heteroatoms. The Hall–Kier alpha value is -3.23. The van der Waals surface area contributed by atoms with E-state index < -0.39 is 10.0 Å². The summed E-state index contributed by atoms with van der Waals surface area (Å²) in [6.07, 6.45) is 4.46. The molecule has 2 heterocycles. The summed E-state index contributed by atoms with van der Waals surface area (Å²) >= 11 is 0. The molecule has 0 atom stereocenters. The number of benzene rings is 2. The SMILES string of the molecule is CNCc1cn(S(=O)(=O)c2cccnc2)c2cc(Nc3cccc(C)c3F)ccc12. The molecule has 0 spiro atoms. The van der Waals surface area contributed by atoms with Crippen LogP contribution >= 0.6 is 0 Å². The molecular formula is C22H21FN4O2S. The van der Waals surface area contributed by atoms with Gasteiger partial charge in [-0.05, 0) is 55.4 Å². The molecular weight excluding hydrogens is 403 g/mol. The molecule has 154 valence electrons. The summed E-state index contributed by atoms with van der Waals surface area (Å²) in [5.41, 5.74) is 2.79. The minimum atomic E-state index is -3.84. The summed E-state index contributed by atoms with van der Waals surface area (Å²) < 4.78 is 42.2. The highest BCUT2D eigenvalue weighted by Crippen LogP contribution is 2.30. The zero-order valence-corrected chi connectivity index (χ0v) is 17.4. The summed E-state index contributed by atoms with van der Waals surface area (Å²) in [4.78, 5) is 4.03. The molecule has 2 N–H and O–H groups in total. The van der Waals surface area contributed by atoms with Crippen LogP contribution in [0, 0.1) is 12.7 Å². The number of halogens is 1. The van der Waals surface area contributed by atoms with Gasteiger partial charge >= 0.3 is 0 Å². The number of fused-ring (bicyclic) bond motifs is 1. The number of nitrogens with zero attached hydrogens (tertiary/aromatic N) is 2. The van der Waals surface area contributed by atoms with Crippen molar-refractivity contribution in [3.63, 3.8) is 0 Å². The molecule has 0 bridgehead atoms. The lowest BCUT2D eigenvalue weighted by molar-refractivity contribution is 0.588. The Balaban J connectivity index is 1.86. The number of nitrogens with one attached hydrogen (secondary N) is 2. The van der Waals surface area contributed by atoms with Gasteiger partial charge in [0.05, 0.1) is 11.2 Å². The Labute approximate surface area is 174 Å². The van der Waals surface area contributed by atoms with Gasteiger partial charge in [-0.15, -0.1) is 0 Å². The summed E-state index contributed by atoms with van der Waals surface area (Å²) in [7, 11) is -2.04. The molecule has 0 aliphatic carbocycles.